The molecule has 2 nitrogen and oxygen atoms in total. The fourth-order valence-corrected chi connectivity index (χ4v) is 4.91. The molecule has 0 saturated carbocycles. The van der Waals surface area contributed by atoms with E-state index in [4.69, 9.17) is 5.73 Å². The zero-order valence-electron chi connectivity index (χ0n) is 11.8. The number of nitrogen functional groups attached to an aromatic ring is 1. The van der Waals surface area contributed by atoms with Gasteiger partial charge < -0.3 is 5.73 Å². The summed E-state index contributed by atoms with van der Waals surface area (Å²) in [7, 11) is 0. The van der Waals surface area contributed by atoms with E-state index in [-0.39, 0.29) is 11.0 Å². The number of rotatable bonds is 6. The Balaban J connectivity index is 1.82. The van der Waals surface area contributed by atoms with Gasteiger partial charge in [0.1, 0.15) is 0 Å². The molecule has 0 aliphatic heterocycles. The first-order valence-electron chi connectivity index (χ1n) is 6.85. The Labute approximate surface area is 142 Å². The lowest BCUT2D eigenvalue weighted by atomic mass is 10.1. The van der Waals surface area contributed by atoms with Crippen LogP contribution in [0.3, 0.4) is 0 Å². The van der Waals surface area contributed by atoms with E-state index in [2.05, 4.69) is 6.07 Å². The number of Topliss-reactive ketones (excluding diaryl/α,β-unsaturated/α-hetero) is 1. The van der Waals surface area contributed by atoms with Crippen molar-refractivity contribution in [3.63, 3.8) is 0 Å². The van der Waals surface area contributed by atoms with Gasteiger partial charge >= 0.3 is 0 Å². The van der Waals surface area contributed by atoms with Crippen LogP contribution in [0.25, 0.3) is 0 Å². The van der Waals surface area contributed by atoms with Crippen LogP contribution >= 0.6 is 34.4 Å². The number of hydrogen-bond acceptors (Lipinski definition) is 5. The van der Waals surface area contributed by atoms with E-state index in [1.807, 2.05) is 53.2 Å². The highest BCUT2D eigenvalue weighted by Crippen LogP contribution is 2.42. The van der Waals surface area contributed by atoms with Crippen molar-refractivity contribution in [2.24, 2.45) is 0 Å². The van der Waals surface area contributed by atoms with E-state index in [1.54, 1.807) is 23.1 Å². The van der Waals surface area contributed by atoms with Crippen LogP contribution in [0.15, 0.2) is 64.2 Å². The number of carbonyl (C=O) groups is 1. The number of hydrogen-bond donors (Lipinski definition) is 1. The molecule has 5 heteroatoms. The molecule has 0 aliphatic rings. The van der Waals surface area contributed by atoms with Crippen LogP contribution in [0.4, 0.5) is 5.69 Å². The SMILES string of the molecule is Nc1ccccc1S[C@@H](CC(=O)c1cccs1)c1cccs1. The fourth-order valence-electron chi connectivity index (χ4n) is 2.12. The number of carbonyl (C=O) groups excluding carboxylic acids is 1. The van der Waals surface area contributed by atoms with Crippen molar-refractivity contribution in [2.45, 2.75) is 16.6 Å². The molecule has 22 heavy (non-hydrogen) atoms. The fraction of sp³-hybridized carbons (Fsp3) is 0.118. The third-order valence-electron chi connectivity index (χ3n) is 3.22. The maximum atomic E-state index is 12.5. The molecule has 0 bridgehead atoms. The molecule has 0 spiro atoms. The third kappa shape index (κ3) is 3.61. The van der Waals surface area contributed by atoms with Crippen molar-refractivity contribution in [1.29, 1.82) is 0 Å². The summed E-state index contributed by atoms with van der Waals surface area (Å²) < 4.78 is 0. The second kappa shape index (κ2) is 7.13. The molecule has 0 radical (unpaired) electrons. The van der Waals surface area contributed by atoms with Gasteiger partial charge in [-0.15, -0.1) is 34.4 Å². The minimum absolute atomic E-state index is 0.0966. The van der Waals surface area contributed by atoms with E-state index in [0.29, 0.717) is 6.42 Å². The third-order valence-corrected chi connectivity index (χ3v) is 6.59. The van der Waals surface area contributed by atoms with Crippen molar-refractivity contribution in [3.8, 4) is 0 Å². The summed E-state index contributed by atoms with van der Waals surface area (Å²) in [6.45, 7) is 0. The standard InChI is InChI=1S/C17H15NOS3/c18-12-5-1-2-6-14(12)22-17(16-8-4-10-21-16)11-13(19)15-7-3-9-20-15/h1-10,17H,11,18H2/t17-/m0/s1. The number of ketones is 1. The number of para-hydroxylation sites is 1. The maximum Gasteiger partial charge on any atom is 0.174 e. The van der Waals surface area contributed by atoms with Gasteiger partial charge in [-0.05, 0) is 35.0 Å². The highest BCUT2D eigenvalue weighted by Gasteiger charge is 2.20. The van der Waals surface area contributed by atoms with Crippen LogP contribution < -0.4 is 5.73 Å². The molecule has 2 N–H and O–H groups in total. The number of anilines is 1. The van der Waals surface area contributed by atoms with Crippen molar-refractivity contribution in [1.82, 2.24) is 0 Å². The molecule has 112 valence electrons. The second-order valence-electron chi connectivity index (χ2n) is 4.76. The quantitative estimate of drug-likeness (QED) is 0.364. The predicted octanol–water partition coefficient (Wildman–Crippen LogP) is 5.50. The number of thiophene rings is 2. The molecule has 3 aromatic rings. The zero-order chi connectivity index (χ0) is 15.4. The Kier molecular flexibility index (Phi) is 4.97. The average Bonchev–Trinajstić information content (AvgIpc) is 3.22. The summed E-state index contributed by atoms with van der Waals surface area (Å²) in [4.78, 5) is 15.5. The van der Waals surface area contributed by atoms with Gasteiger partial charge in [0.25, 0.3) is 0 Å². The lowest BCUT2D eigenvalue weighted by Crippen LogP contribution is -2.03. The smallest absolute Gasteiger partial charge is 0.174 e. The number of thioether (sulfide) groups is 1. The van der Waals surface area contributed by atoms with Crippen LogP contribution in [-0.4, -0.2) is 5.78 Å². The molecular formula is C17H15NOS3. The number of nitrogens with two attached hydrogens (primary N) is 1. The van der Waals surface area contributed by atoms with E-state index >= 15 is 0 Å². The van der Waals surface area contributed by atoms with E-state index in [1.165, 1.54) is 16.2 Å². The molecule has 1 atom stereocenters. The normalized spacial score (nSPS) is 12.2. The summed E-state index contributed by atoms with van der Waals surface area (Å²) in [6.07, 6.45) is 0.486. The van der Waals surface area contributed by atoms with Crippen LogP contribution in [0.5, 0.6) is 0 Å². The summed E-state index contributed by atoms with van der Waals surface area (Å²) in [5.74, 6) is 0.190. The van der Waals surface area contributed by atoms with Gasteiger partial charge in [-0.1, -0.05) is 24.3 Å². The number of benzene rings is 1. The van der Waals surface area contributed by atoms with Crippen molar-refractivity contribution < 1.29 is 4.79 Å². The summed E-state index contributed by atoms with van der Waals surface area (Å²) in [5, 5.41) is 4.09. The molecule has 2 aromatic heterocycles. The molecule has 0 unspecified atom stereocenters. The summed E-state index contributed by atoms with van der Waals surface area (Å²) in [5.41, 5.74) is 6.81. The van der Waals surface area contributed by atoms with Crippen LogP contribution in [0.1, 0.15) is 26.2 Å². The van der Waals surface area contributed by atoms with Gasteiger partial charge in [-0.2, -0.15) is 0 Å². The van der Waals surface area contributed by atoms with Crippen LogP contribution in [0, 0.1) is 0 Å². The summed E-state index contributed by atoms with van der Waals surface area (Å²) in [6, 6.07) is 15.7. The van der Waals surface area contributed by atoms with E-state index in [9.17, 15) is 4.79 Å². The van der Waals surface area contributed by atoms with Gasteiger partial charge in [-0.3, -0.25) is 4.79 Å². The maximum absolute atomic E-state index is 12.5. The Morgan fingerprint density at radius 2 is 1.82 bits per heavy atom. The average molecular weight is 346 g/mol. The molecule has 2 heterocycles. The topological polar surface area (TPSA) is 43.1 Å². The van der Waals surface area contributed by atoms with Gasteiger partial charge in [-0.25, -0.2) is 0 Å². The minimum atomic E-state index is 0.0966. The molecule has 0 saturated heterocycles. The Hall–Kier alpha value is -1.56. The predicted molar refractivity (Wildman–Crippen MR) is 97.0 cm³/mol. The lowest BCUT2D eigenvalue weighted by molar-refractivity contribution is 0.0986. The van der Waals surface area contributed by atoms with Crippen molar-refractivity contribution in [3.05, 3.63) is 69.0 Å². The van der Waals surface area contributed by atoms with E-state index < -0.39 is 0 Å². The van der Waals surface area contributed by atoms with Gasteiger partial charge in [0.15, 0.2) is 5.78 Å². The monoisotopic (exact) mass is 345 g/mol. The van der Waals surface area contributed by atoms with Gasteiger partial charge in [0.2, 0.25) is 0 Å². The van der Waals surface area contributed by atoms with Crippen molar-refractivity contribution in [2.75, 3.05) is 5.73 Å². The molecule has 0 aliphatic carbocycles. The first-order valence-corrected chi connectivity index (χ1v) is 9.49. The highest BCUT2D eigenvalue weighted by molar-refractivity contribution is 7.99. The van der Waals surface area contributed by atoms with Gasteiger partial charge in [0, 0.05) is 21.9 Å². The first-order chi connectivity index (χ1) is 10.7. The molecule has 1 aromatic carbocycles. The van der Waals surface area contributed by atoms with Gasteiger partial charge in [0.05, 0.1) is 10.1 Å². The molecule has 0 fully saturated rings. The molecule has 0 amide bonds. The first kappa shape index (κ1) is 15.3. The Bertz CT molecular complexity index is 735. The largest absolute Gasteiger partial charge is 0.398 e. The van der Waals surface area contributed by atoms with E-state index in [0.717, 1.165) is 15.5 Å². The summed E-state index contributed by atoms with van der Waals surface area (Å²) >= 11 is 4.85. The van der Waals surface area contributed by atoms with Crippen molar-refractivity contribution >= 4 is 45.9 Å². The second-order valence-corrected chi connectivity index (χ2v) is 7.94. The van der Waals surface area contributed by atoms with Crippen LogP contribution in [0.2, 0.25) is 0 Å². The lowest BCUT2D eigenvalue weighted by Gasteiger charge is -2.15. The molecular weight excluding hydrogens is 330 g/mol. The minimum Gasteiger partial charge on any atom is -0.398 e. The Morgan fingerprint density at radius 1 is 1.05 bits per heavy atom. The Morgan fingerprint density at radius 3 is 2.50 bits per heavy atom. The zero-order valence-corrected chi connectivity index (χ0v) is 14.2. The van der Waals surface area contributed by atoms with Crippen LogP contribution in [-0.2, 0) is 0 Å². The highest BCUT2D eigenvalue weighted by atomic mass is 32.2. The molecule has 3 rings (SSSR count).